The van der Waals surface area contributed by atoms with Crippen molar-refractivity contribution >= 4 is 39.2 Å². The van der Waals surface area contributed by atoms with E-state index in [1.807, 2.05) is 31.2 Å². The summed E-state index contributed by atoms with van der Waals surface area (Å²) in [5.74, 6) is -1.76. The summed E-state index contributed by atoms with van der Waals surface area (Å²) in [6, 6.07) is 11.0. The van der Waals surface area contributed by atoms with E-state index in [-0.39, 0.29) is 37.7 Å². The van der Waals surface area contributed by atoms with Gasteiger partial charge in [0.1, 0.15) is 10.6 Å². The number of hydrazine groups is 1. The zero-order valence-electron chi connectivity index (χ0n) is 20.2. The minimum absolute atomic E-state index is 0.00566. The number of benzene rings is 1. The second-order valence-corrected chi connectivity index (χ2v) is 9.84. The molecule has 0 atom stereocenters. The van der Waals surface area contributed by atoms with E-state index >= 15 is 0 Å². The Morgan fingerprint density at radius 2 is 1.87 bits per heavy atom. The van der Waals surface area contributed by atoms with Crippen LogP contribution in [-0.4, -0.2) is 43.1 Å². The first-order valence-corrected chi connectivity index (χ1v) is 12.7. The molecule has 0 unspecified atom stereocenters. The molecule has 2 N–H and O–H groups in total. The maximum Gasteiger partial charge on any atom is 0.451 e. The molecule has 0 saturated carbocycles. The number of nitrogens with zero attached hydrogens (tertiary/aromatic N) is 6. The molecule has 198 valence electrons. The standard InChI is InChI=1S/C24H23F3N8O2S/c1-2-6-15-12-16-20(34-9-10-35-17(13-34)30-33-23(35)24(25,26)27)28-19(29-22(16)38-15)21(37)32-31-18(36)11-14-7-4-3-5-8-14/h3-5,7-8,12H,2,6,9-11,13H2,1H3,(H,31,36)(H,32,37). The summed E-state index contributed by atoms with van der Waals surface area (Å²) >= 11 is 1.42. The van der Waals surface area contributed by atoms with Crippen molar-refractivity contribution in [1.29, 1.82) is 0 Å². The molecule has 1 aliphatic rings. The highest BCUT2D eigenvalue weighted by Crippen LogP contribution is 2.34. The number of anilines is 1. The molecule has 0 saturated heterocycles. The number of nitrogens with one attached hydrogen (secondary N) is 2. The van der Waals surface area contributed by atoms with Crippen molar-refractivity contribution in [3.63, 3.8) is 0 Å². The number of carbonyl (C=O) groups excluding carboxylic acids is 2. The molecule has 4 aromatic rings. The van der Waals surface area contributed by atoms with Crippen LogP contribution < -0.4 is 15.8 Å². The lowest BCUT2D eigenvalue weighted by molar-refractivity contribution is -0.147. The van der Waals surface area contributed by atoms with Crippen LogP contribution in [0.15, 0.2) is 36.4 Å². The van der Waals surface area contributed by atoms with Crippen molar-refractivity contribution in [2.24, 2.45) is 0 Å². The van der Waals surface area contributed by atoms with E-state index in [4.69, 9.17) is 0 Å². The fourth-order valence-electron chi connectivity index (χ4n) is 4.22. The van der Waals surface area contributed by atoms with Gasteiger partial charge in [-0.2, -0.15) is 13.2 Å². The first-order chi connectivity index (χ1) is 18.2. The zero-order valence-corrected chi connectivity index (χ0v) is 21.1. The monoisotopic (exact) mass is 544 g/mol. The number of carbonyl (C=O) groups is 2. The van der Waals surface area contributed by atoms with E-state index in [1.165, 1.54) is 11.3 Å². The predicted molar refractivity (Wildman–Crippen MR) is 133 cm³/mol. The molecule has 4 heterocycles. The van der Waals surface area contributed by atoms with Gasteiger partial charge in [-0.1, -0.05) is 43.7 Å². The lowest BCUT2D eigenvalue weighted by Gasteiger charge is -2.29. The Bertz CT molecular complexity index is 1490. The van der Waals surface area contributed by atoms with E-state index in [2.05, 4.69) is 31.0 Å². The van der Waals surface area contributed by atoms with Crippen LogP contribution in [-0.2, 0) is 36.9 Å². The highest BCUT2D eigenvalue weighted by Gasteiger charge is 2.39. The van der Waals surface area contributed by atoms with Crippen molar-refractivity contribution in [3.05, 3.63) is 64.3 Å². The second kappa shape index (κ2) is 10.4. The maximum atomic E-state index is 13.3. The molecule has 14 heteroatoms. The first kappa shape index (κ1) is 25.6. The first-order valence-electron chi connectivity index (χ1n) is 11.9. The summed E-state index contributed by atoms with van der Waals surface area (Å²) in [4.78, 5) is 37.4. The van der Waals surface area contributed by atoms with Crippen LogP contribution in [0.1, 0.15) is 46.1 Å². The molecule has 3 aromatic heterocycles. The van der Waals surface area contributed by atoms with E-state index in [9.17, 15) is 22.8 Å². The molecule has 0 radical (unpaired) electrons. The van der Waals surface area contributed by atoms with E-state index in [0.29, 0.717) is 16.0 Å². The Hall–Kier alpha value is -4.07. The number of halogens is 3. The Balaban J connectivity index is 1.40. The highest BCUT2D eigenvalue weighted by atomic mass is 32.1. The molecule has 10 nitrogen and oxygen atoms in total. The predicted octanol–water partition coefficient (Wildman–Crippen LogP) is 3.28. The number of fused-ring (bicyclic) bond motifs is 2. The zero-order chi connectivity index (χ0) is 26.9. The Morgan fingerprint density at radius 3 is 2.61 bits per heavy atom. The smallest absolute Gasteiger partial charge is 0.347 e. The van der Waals surface area contributed by atoms with Gasteiger partial charge >= 0.3 is 12.1 Å². The SMILES string of the molecule is CCCc1cc2c(N3CCn4c(nnc4C(F)(F)F)C3)nc(C(=O)NNC(=O)Cc3ccccc3)nc2s1. The van der Waals surface area contributed by atoms with Crippen LogP contribution in [0.25, 0.3) is 10.2 Å². The number of aryl methyl sites for hydroxylation is 1. The van der Waals surface area contributed by atoms with Gasteiger partial charge in [-0.05, 0) is 18.1 Å². The fraction of sp³-hybridized carbons (Fsp3) is 0.333. The molecule has 0 aliphatic carbocycles. The molecule has 0 spiro atoms. The average molecular weight is 545 g/mol. The number of hydrogen-bond donors (Lipinski definition) is 2. The van der Waals surface area contributed by atoms with Crippen LogP contribution in [0.2, 0.25) is 0 Å². The summed E-state index contributed by atoms with van der Waals surface area (Å²) < 4.78 is 40.9. The Morgan fingerprint density at radius 1 is 1.08 bits per heavy atom. The molecule has 1 aliphatic heterocycles. The molecular weight excluding hydrogens is 521 g/mol. The number of alkyl halides is 3. The van der Waals surface area contributed by atoms with Crippen molar-refractivity contribution in [3.8, 4) is 0 Å². The third kappa shape index (κ3) is 5.30. The molecule has 5 rings (SSSR count). The quantitative estimate of drug-likeness (QED) is 0.358. The Kier molecular flexibility index (Phi) is 6.97. The number of rotatable bonds is 6. The fourth-order valence-corrected chi connectivity index (χ4v) is 5.35. The largest absolute Gasteiger partial charge is 0.451 e. The molecule has 0 bridgehead atoms. The lowest BCUT2D eigenvalue weighted by Crippen LogP contribution is -2.43. The second-order valence-electron chi connectivity index (χ2n) is 8.73. The van der Waals surface area contributed by atoms with Crippen molar-refractivity contribution < 1.29 is 22.8 Å². The van der Waals surface area contributed by atoms with Crippen LogP contribution in [0.3, 0.4) is 0 Å². The van der Waals surface area contributed by atoms with Crippen LogP contribution in [0, 0.1) is 0 Å². The normalized spacial score (nSPS) is 13.4. The molecular formula is C24H23F3N8O2S. The van der Waals surface area contributed by atoms with Crippen LogP contribution >= 0.6 is 11.3 Å². The van der Waals surface area contributed by atoms with Gasteiger partial charge in [-0.25, -0.2) is 9.97 Å². The summed E-state index contributed by atoms with van der Waals surface area (Å²) in [7, 11) is 0. The number of amides is 2. The van der Waals surface area contributed by atoms with Crippen LogP contribution in [0.4, 0.5) is 19.0 Å². The molecule has 2 amide bonds. The van der Waals surface area contributed by atoms with Gasteiger partial charge in [0, 0.05) is 18.0 Å². The van der Waals surface area contributed by atoms with Crippen molar-refractivity contribution in [2.75, 3.05) is 11.4 Å². The molecule has 38 heavy (non-hydrogen) atoms. The van der Waals surface area contributed by atoms with Gasteiger partial charge in [0.15, 0.2) is 5.82 Å². The summed E-state index contributed by atoms with van der Waals surface area (Å²) in [6.07, 6.45) is -2.82. The molecule has 0 fully saturated rings. The van der Waals surface area contributed by atoms with Gasteiger partial charge in [-0.15, -0.1) is 21.5 Å². The van der Waals surface area contributed by atoms with Gasteiger partial charge in [0.2, 0.25) is 17.6 Å². The number of thiophene rings is 1. The lowest BCUT2D eigenvalue weighted by atomic mass is 10.1. The third-order valence-electron chi connectivity index (χ3n) is 5.95. The van der Waals surface area contributed by atoms with Crippen LogP contribution in [0.5, 0.6) is 0 Å². The Labute approximate surface area is 218 Å². The van der Waals surface area contributed by atoms with Gasteiger partial charge in [-0.3, -0.25) is 20.4 Å². The van der Waals surface area contributed by atoms with Crippen molar-refractivity contribution in [1.82, 2.24) is 35.6 Å². The highest BCUT2D eigenvalue weighted by molar-refractivity contribution is 7.18. The van der Waals surface area contributed by atoms with Gasteiger partial charge in [0.25, 0.3) is 0 Å². The van der Waals surface area contributed by atoms with E-state index in [0.717, 1.165) is 27.8 Å². The minimum atomic E-state index is -4.60. The third-order valence-corrected chi connectivity index (χ3v) is 7.04. The topological polar surface area (TPSA) is 118 Å². The summed E-state index contributed by atoms with van der Waals surface area (Å²) in [5, 5.41) is 7.77. The average Bonchev–Trinajstić information content (AvgIpc) is 3.51. The number of hydrogen-bond acceptors (Lipinski definition) is 8. The summed E-state index contributed by atoms with van der Waals surface area (Å²) in [5.41, 5.74) is 5.51. The molecule has 1 aromatic carbocycles. The van der Waals surface area contributed by atoms with Crippen molar-refractivity contribution in [2.45, 2.75) is 45.5 Å². The van der Waals surface area contributed by atoms with Gasteiger partial charge in [0.05, 0.1) is 18.4 Å². The van der Waals surface area contributed by atoms with E-state index in [1.54, 1.807) is 17.0 Å². The van der Waals surface area contributed by atoms with Gasteiger partial charge < -0.3 is 9.47 Å². The minimum Gasteiger partial charge on any atom is -0.347 e. The van der Waals surface area contributed by atoms with E-state index < -0.39 is 23.8 Å². The summed E-state index contributed by atoms with van der Waals surface area (Å²) in [6.45, 7) is 2.28. The number of aromatic nitrogens is 5. The maximum absolute atomic E-state index is 13.3.